The van der Waals surface area contributed by atoms with Crippen LogP contribution in [0, 0.1) is 0 Å². The molecule has 0 atom stereocenters. The first-order chi connectivity index (χ1) is 8.63. The number of carbonyl (C=O) groups excluding carboxylic acids is 2. The van der Waals surface area contributed by atoms with E-state index in [-0.39, 0.29) is 11.8 Å². The molecular weight excluding hydrogens is 230 g/mol. The standard InChI is InChI=1S/C13H19N3O2/c1-10(17)15-7-2-8-16-13(18)12-5-3-11(9-14)4-6-12/h3-6H,2,7-9,14H2,1H3,(H,15,17)(H,16,18). The van der Waals surface area contributed by atoms with Gasteiger partial charge in [0.15, 0.2) is 0 Å². The molecule has 1 rings (SSSR count). The van der Waals surface area contributed by atoms with E-state index in [0.29, 0.717) is 31.6 Å². The van der Waals surface area contributed by atoms with E-state index in [1.165, 1.54) is 6.92 Å². The van der Waals surface area contributed by atoms with E-state index in [1.807, 2.05) is 12.1 Å². The fourth-order valence-corrected chi connectivity index (χ4v) is 1.45. The third kappa shape index (κ3) is 4.97. The van der Waals surface area contributed by atoms with Crippen molar-refractivity contribution in [3.63, 3.8) is 0 Å². The maximum absolute atomic E-state index is 11.7. The Labute approximate surface area is 107 Å². The average molecular weight is 249 g/mol. The first-order valence-corrected chi connectivity index (χ1v) is 5.95. The van der Waals surface area contributed by atoms with Crippen LogP contribution in [0.3, 0.4) is 0 Å². The number of nitrogens with two attached hydrogens (primary N) is 1. The summed E-state index contributed by atoms with van der Waals surface area (Å²) in [7, 11) is 0. The molecule has 1 aromatic rings. The normalized spacial score (nSPS) is 9.89. The average Bonchev–Trinajstić information content (AvgIpc) is 2.38. The van der Waals surface area contributed by atoms with Crippen LogP contribution in [0.5, 0.6) is 0 Å². The molecule has 0 fully saturated rings. The summed E-state index contributed by atoms with van der Waals surface area (Å²) in [6.45, 7) is 3.05. The third-order valence-electron chi connectivity index (χ3n) is 2.46. The van der Waals surface area contributed by atoms with Crippen LogP contribution < -0.4 is 16.4 Å². The summed E-state index contributed by atoms with van der Waals surface area (Å²) in [6, 6.07) is 7.19. The number of carbonyl (C=O) groups is 2. The highest BCUT2D eigenvalue weighted by Crippen LogP contribution is 2.03. The third-order valence-corrected chi connectivity index (χ3v) is 2.46. The van der Waals surface area contributed by atoms with Crippen LogP contribution in [0.15, 0.2) is 24.3 Å². The lowest BCUT2D eigenvalue weighted by atomic mass is 10.1. The molecule has 4 N–H and O–H groups in total. The Balaban J connectivity index is 2.29. The number of benzene rings is 1. The van der Waals surface area contributed by atoms with Gasteiger partial charge >= 0.3 is 0 Å². The topological polar surface area (TPSA) is 84.2 Å². The number of hydrogen-bond donors (Lipinski definition) is 3. The first kappa shape index (κ1) is 14.2. The molecule has 5 heteroatoms. The van der Waals surface area contributed by atoms with Gasteiger partial charge in [-0.2, -0.15) is 0 Å². The van der Waals surface area contributed by atoms with Gasteiger partial charge in [-0.3, -0.25) is 9.59 Å². The van der Waals surface area contributed by atoms with E-state index in [0.717, 1.165) is 5.56 Å². The molecular formula is C13H19N3O2. The summed E-state index contributed by atoms with van der Waals surface area (Å²) in [5.41, 5.74) is 7.09. The van der Waals surface area contributed by atoms with E-state index in [2.05, 4.69) is 10.6 Å². The lowest BCUT2D eigenvalue weighted by Gasteiger charge is -2.06. The molecule has 98 valence electrons. The predicted octanol–water partition coefficient (Wildman–Crippen LogP) is 0.401. The van der Waals surface area contributed by atoms with Gasteiger partial charge in [-0.05, 0) is 24.1 Å². The second-order valence-corrected chi connectivity index (χ2v) is 3.99. The zero-order valence-corrected chi connectivity index (χ0v) is 10.5. The smallest absolute Gasteiger partial charge is 0.251 e. The Morgan fingerprint density at radius 2 is 1.72 bits per heavy atom. The Morgan fingerprint density at radius 1 is 1.11 bits per heavy atom. The molecule has 0 bridgehead atoms. The summed E-state index contributed by atoms with van der Waals surface area (Å²) < 4.78 is 0. The molecule has 0 spiro atoms. The number of hydrogen-bond acceptors (Lipinski definition) is 3. The van der Waals surface area contributed by atoms with Crippen LogP contribution >= 0.6 is 0 Å². The Morgan fingerprint density at radius 3 is 2.28 bits per heavy atom. The molecule has 0 saturated heterocycles. The van der Waals surface area contributed by atoms with E-state index in [4.69, 9.17) is 5.73 Å². The number of nitrogens with one attached hydrogen (secondary N) is 2. The Hall–Kier alpha value is -1.88. The largest absolute Gasteiger partial charge is 0.356 e. The SMILES string of the molecule is CC(=O)NCCCNC(=O)c1ccc(CN)cc1. The lowest BCUT2D eigenvalue weighted by molar-refractivity contribution is -0.118. The molecule has 18 heavy (non-hydrogen) atoms. The zero-order valence-electron chi connectivity index (χ0n) is 10.5. The Kier molecular flexibility index (Phi) is 5.87. The molecule has 0 unspecified atom stereocenters. The van der Waals surface area contributed by atoms with Crippen molar-refractivity contribution < 1.29 is 9.59 Å². The van der Waals surface area contributed by atoms with E-state index in [1.54, 1.807) is 12.1 Å². The molecule has 0 saturated carbocycles. The molecule has 2 amide bonds. The minimum Gasteiger partial charge on any atom is -0.356 e. The predicted molar refractivity (Wildman–Crippen MR) is 70.0 cm³/mol. The maximum Gasteiger partial charge on any atom is 0.251 e. The van der Waals surface area contributed by atoms with Gasteiger partial charge in [0, 0.05) is 32.1 Å². The summed E-state index contributed by atoms with van der Waals surface area (Å²) in [5, 5.41) is 5.46. The van der Waals surface area contributed by atoms with E-state index >= 15 is 0 Å². The van der Waals surface area contributed by atoms with E-state index in [9.17, 15) is 9.59 Å². The summed E-state index contributed by atoms with van der Waals surface area (Å²) in [5.74, 6) is -0.167. The van der Waals surface area contributed by atoms with Gasteiger partial charge in [0.25, 0.3) is 5.91 Å². The summed E-state index contributed by atoms with van der Waals surface area (Å²) in [6.07, 6.45) is 0.714. The van der Waals surface area contributed by atoms with Crippen molar-refractivity contribution in [2.24, 2.45) is 5.73 Å². The highest BCUT2D eigenvalue weighted by molar-refractivity contribution is 5.94. The fourth-order valence-electron chi connectivity index (χ4n) is 1.45. The van der Waals surface area contributed by atoms with Crippen molar-refractivity contribution in [1.29, 1.82) is 0 Å². The second kappa shape index (κ2) is 7.45. The van der Waals surface area contributed by atoms with Gasteiger partial charge < -0.3 is 16.4 Å². The molecule has 1 aromatic carbocycles. The second-order valence-electron chi connectivity index (χ2n) is 3.99. The van der Waals surface area contributed by atoms with Crippen molar-refractivity contribution in [2.45, 2.75) is 19.9 Å². The number of rotatable bonds is 6. The van der Waals surface area contributed by atoms with Gasteiger partial charge in [0.1, 0.15) is 0 Å². The van der Waals surface area contributed by atoms with Gasteiger partial charge in [-0.1, -0.05) is 12.1 Å². The molecule has 0 heterocycles. The molecule has 5 nitrogen and oxygen atoms in total. The minimum atomic E-state index is -0.110. The van der Waals surface area contributed by atoms with Crippen LogP contribution in [0.4, 0.5) is 0 Å². The van der Waals surface area contributed by atoms with Gasteiger partial charge in [0.05, 0.1) is 0 Å². The molecule has 0 aromatic heterocycles. The van der Waals surface area contributed by atoms with Crippen LogP contribution in [0.25, 0.3) is 0 Å². The van der Waals surface area contributed by atoms with Crippen molar-refractivity contribution >= 4 is 11.8 Å². The van der Waals surface area contributed by atoms with Crippen molar-refractivity contribution in [1.82, 2.24) is 10.6 Å². The van der Waals surface area contributed by atoms with Gasteiger partial charge in [-0.15, -0.1) is 0 Å². The van der Waals surface area contributed by atoms with Crippen molar-refractivity contribution in [2.75, 3.05) is 13.1 Å². The first-order valence-electron chi connectivity index (χ1n) is 5.95. The highest BCUT2D eigenvalue weighted by atomic mass is 16.2. The summed E-state index contributed by atoms with van der Waals surface area (Å²) in [4.78, 5) is 22.3. The van der Waals surface area contributed by atoms with Crippen molar-refractivity contribution in [3.8, 4) is 0 Å². The lowest BCUT2D eigenvalue weighted by Crippen LogP contribution is -2.28. The Bertz CT molecular complexity index is 401. The highest BCUT2D eigenvalue weighted by Gasteiger charge is 2.03. The van der Waals surface area contributed by atoms with Crippen LogP contribution in [-0.4, -0.2) is 24.9 Å². The van der Waals surface area contributed by atoms with Crippen LogP contribution in [0.2, 0.25) is 0 Å². The van der Waals surface area contributed by atoms with Gasteiger partial charge in [-0.25, -0.2) is 0 Å². The maximum atomic E-state index is 11.7. The van der Waals surface area contributed by atoms with Crippen molar-refractivity contribution in [3.05, 3.63) is 35.4 Å². The monoisotopic (exact) mass is 249 g/mol. The van der Waals surface area contributed by atoms with E-state index < -0.39 is 0 Å². The van der Waals surface area contributed by atoms with Gasteiger partial charge in [0.2, 0.25) is 5.91 Å². The molecule has 0 aliphatic rings. The zero-order chi connectivity index (χ0) is 13.4. The van der Waals surface area contributed by atoms with Crippen LogP contribution in [-0.2, 0) is 11.3 Å². The van der Waals surface area contributed by atoms with Crippen LogP contribution in [0.1, 0.15) is 29.3 Å². The number of amides is 2. The fraction of sp³-hybridized carbons (Fsp3) is 0.385. The molecule has 0 radical (unpaired) electrons. The molecule has 0 aliphatic heterocycles. The minimum absolute atomic E-state index is 0.0568. The summed E-state index contributed by atoms with van der Waals surface area (Å²) >= 11 is 0. The quantitative estimate of drug-likeness (QED) is 0.638. The molecule has 0 aliphatic carbocycles.